The molecule has 2 N–H and O–H groups in total. The Kier molecular flexibility index (Phi) is 9.24. The Bertz CT molecular complexity index is 611. The van der Waals surface area contributed by atoms with Crippen molar-refractivity contribution in [1.82, 2.24) is 15.5 Å². The molecular formula is C21H36ClN7. The van der Waals surface area contributed by atoms with E-state index in [9.17, 15) is 0 Å². The molecule has 0 aromatic rings. The van der Waals surface area contributed by atoms with Gasteiger partial charge >= 0.3 is 0 Å². The first-order valence-corrected chi connectivity index (χ1v) is 11.2. The van der Waals surface area contributed by atoms with Gasteiger partial charge in [0.25, 0.3) is 0 Å². The summed E-state index contributed by atoms with van der Waals surface area (Å²) in [5.41, 5.74) is 2.63. The van der Waals surface area contributed by atoms with E-state index >= 15 is 0 Å². The highest BCUT2D eigenvalue weighted by molar-refractivity contribution is 6.00. The summed E-state index contributed by atoms with van der Waals surface area (Å²) in [7, 11) is 0. The SMILES string of the molecule is C1=NN=C(C2CCN(C3CCNCC3)CC2)C1.C1=NN=C(C2CCNCC2)C1.Cl. The minimum Gasteiger partial charge on any atom is -0.317 e. The van der Waals surface area contributed by atoms with Gasteiger partial charge in [0.2, 0.25) is 0 Å². The number of hydrogen-bond acceptors (Lipinski definition) is 7. The smallest absolute Gasteiger partial charge is 0.0491 e. The molecule has 162 valence electrons. The number of nitrogens with one attached hydrogen (secondary N) is 2. The fraction of sp³-hybridized carbons (Fsp3) is 0.810. The average molecular weight is 422 g/mol. The first-order valence-electron chi connectivity index (χ1n) is 11.2. The largest absolute Gasteiger partial charge is 0.317 e. The summed E-state index contributed by atoms with van der Waals surface area (Å²) in [4.78, 5) is 2.70. The molecular weight excluding hydrogens is 386 g/mol. The van der Waals surface area contributed by atoms with Gasteiger partial charge in [0.1, 0.15) is 0 Å². The second kappa shape index (κ2) is 11.9. The monoisotopic (exact) mass is 421 g/mol. The van der Waals surface area contributed by atoms with E-state index in [0.717, 1.165) is 32.0 Å². The van der Waals surface area contributed by atoms with E-state index in [1.807, 2.05) is 12.4 Å². The summed E-state index contributed by atoms with van der Waals surface area (Å²) in [6.45, 7) is 7.20. The quantitative estimate of drug-likeness (QED) is 0.735. The van der Waals surface area contributed by atoms with Gasteiger partial charge in [-0.2, -0.15) is 20.4 Å². The highest BCUT2D eigenvalue weighted by Gasteiger charge is 2.28. The number of rotatable bonds is 3. The van der Waals surface area contributed by atoms with Crippen molar-refractivity contribution in [3.05, 3.63) is 0 Å². The van der Waals surface area contributed by atoms with Crippen LogP contribution in [-0.4, -0.2) is 74.1 Å². The van der Waals surface area contributed by atoms with Gasteiger partial charge < -0.3 is 15.5 Å². The number of halogens is 1. The van der Waals surface area contributed by atoms with Gasteiger partial charge in [0, 0.05) is 54.6 Å². The molecule has 0 atom stereocenters. The molecule has 29 heavy (non-hydrogen) atoms. The summed E-state index contributed by atoms with van der Waals surface area (Å²) in [5, 5.41) is 23.0. The van der Waals surface area contributed by atoms with Crippen molar-refractivity contribution in [2.75, 3.05) is 39.3 Å². The number of nitrogens with zero attached hydrogens (tertiary/aromatic N) is 5. The molecule has 0 bridgehead atoms. The van der Waals surface area contributed by atoms with Gasteiger partial charge in [-0.15, -0.1) is 12.4 Å². The van der Waals surface area contributed by atoms with E-state index < -0.39 is 0 Å². The maximum Gasteiger partial charge on any atom is 0.0491 e. The highest BCUT2D eigenvalue weighted by atomic mass is 35.5. The second-order valence-corrected chi connectivity index (χ2v) is 8.50. The molecule has 0 unspecified atom stereocenters. The van der Waals surface area contributed by atoms with Gasteiger partial charge in [0.15, 0.2) is 0 Å². The predicted octanol–water partition coefficient (Wildman–Crippen LogP) is 2.52. The maximum atomic E-state index is 4.25. The van der Waals surface area contributed by atoms with Gasteiger partial charge in [-0.25, -0.2) is 0 Å². The van der Waals surface area contributed by atoms with E-state index in [-0.39, 0.29) is 12.4 Å². The molecule has 0 spiro atoms. The molecule has 0 saturated carbocycles. The molecule has 8 heteroatoms. The first-order chi connectivity index (χ1) is 13.9. The summed E-state index contributed by atoms with van der Waals surface area (Å²) < 4.78 is 0. The van der Waals surface area contributed by atoms with Crippen LogP contribution >= 0.6 is 12.4 Å². The van der Waals surface area contributed by atoms with Gasteiger partial charge in [0.05, 0.1) is 0 Å². The van der Waals surface area contributed by atoms with Crippen LogP contribution in [0.15, 0.2) is 20.4 Å². The standard InChI is InChI=1S/C13H22N4.C8H13N3.ClH/c1-6-14-7-2-12(1)17-9-4-11(5-10-17)13-3-8-15-16-13;1-4-9-5-2-7(1)8-3-6-10-11-8;/h8,11-12,14H,1-7,9-10H2;6-7,9H,1-5H2;1H. The van der Waals surface area contributed by atoms with Gasteiger partial charge in [-0.1, -0.05) is 0 Å². The van der Waals surface area contributed by atoms with Gasteiger partial charge in [-0.3, -0.25) is 0 Å². The minimum atomic E-state index is 0. The molecule has 7 nitrogen and oxygen atoms in total. The third-order valence-electron chi connectivity index (χ3n) is 6.77. The number of likely N-dealkylation sites (tertiary alicyclic amines) is 1. The zero-order valence-corrected chi connectivity index (χ0v) is 18.2. The topological polar surface area (TPSA) is 76.7 Å². The molecule has 3 fully saturated rings. The van der Waals surface area contributed by atoms with Crippen molar-refractivity contribution in [2.45, 2.75) is 57.4 Å². The molecule has 0 radical (unpaired) electrons. The molecule has 3 saturated heterocycles. The van der Waals surface area contributed by atoms with E-state index in [0.29, 0.717) is 11.8 Å². The molecule has 5 aliphatic rings. The lowest BCUT2D eigenvalue weighted by Gasteiger charge is -2.39. The fourth-order valence-corrected chi connectivity index (χ4v) is 5.00. The Morgan fingerprint density at radius 3 is 1.66 bits per heavy atom. The van der Waals surface area contributed by atoms with Crippen molar-refractivity contribution in [2.24, 2.45) is 32.2 Å². The summed E-state index contributed by atoms with van der Waals surface area (Å²) >= 11 is 0. The molecule has 0 aliphatic carbocycles. The van der Waals surface area contributed by atoms with Crippen molar-refractivity contribution < 1.29 is 0 Å². The minimum absolute atomic E-state index is 0. The van der Waals surface area contributed by atoms with E-state index in [4.69, 9.17) is 0 Å². The average Bonchev–Trinajstić information content (AvgIpc) is 3.50. The van der Waals surface area contributed by atoms with Crippen LogP contribution in [0.3, 0.4) is 0 Å². The zero-order chi connectivity index (χ0) is 19.0. The Balaban J connectivity index is 0.000000174. The van der Waals surface area contributed by atoms with Crippen LogP contribution in [0.2, 0.25) is 0 Å². The summed E-state index contributed by atoms with van der Waals surface area (Å²) in [6, 6.07) is 0.832. The molecule has 0 aromatic carbocycles. The molecule has 5 heterocycles. The maximum absolute atomic E-state index is 4.25. The summed E-state index contributed by atoms with van der Waals surface area (Å²) in [5.74, 6) is 1.41. The summed E-state index contributed by atoms with van der Waals surface area (Å²) in [6.07, 6.45) is 13.5. The normalized spacial score (nSPS) is 26.5. The van der Waals surface area contributed by atoms with Crippen LogP contribution in [0.25, 0.3) is 0 Å². The van der Waals surface area contributed by atoms with Gasteiger partial charge in [-0.05, 0) is 77.8 Å². The molecule has 0 aromatic heterocycles. The molecule has 5 aliphatic heterocycles. The fourth-order valence-electron chi connectivity index (χ4n) is 5.00. The Morgan fingerprint density at radius 2 is 1.17 bits per heavy atom. The lowest BCUT2D eigenvalue weighted by molar-refractivity contribution is 0.125. The third kappa shape index (κ3) is 6.41. The first kappa shape index (κ1) is 22.5. The highest BCUT2D eigenvalue weighted by Crippen LogP contribution is 2.25. The van der Waals surface area contributed by atoms with Crippen molar-refractivity contribution in [1.29, 1.82) is 0 Å². The third-order valence-corrected chi connectivity index (χ3v) is 6.77. The van der Waals surface area contributed by atoms with E-state index in [1.54, 1.807) is 0 Å². The Labute approximate surface area is 181 Å². The van der Waals surface area contributed by atoms with Crippen molar-refractivity contribution >= 4 is 36.3 Å². The number of piperidine rings is 3. The van der Waals surface area contributed by atoms with E-state index in [2.05, 4.69) is 35.9 Å². The van der Waals surface area contributed by atoms with Crippen molar-refractivity contribution in [3.63, 3.8) is 0 Å². The molecule has 0 amide bonds. The second-order valence-electron chi connectivity index (χ2n) is 8.50. The van der Waals surface area contributed by atoms with Crippen LogP contribution in [0.5, 0.6) is 0 Å². The van der Waals surface area contributed by atoms with Crippen LogP contribution in [0, 0.1) is 11.8 Å². The number of hydrogen-bond donors (Lipinski definition) is 2. The zero-order valence-electron chi connectivity index (χ0n) is 17.4. The lowest BCUT2D eigenvalue weighted by atomic mass is 9.89. The van der Waals surface area contributed by atoms with E-state index in [1.165, 1.54) is 76.1 Å². The van der Waals surface area contributed by atoms with Crippen LogP contribution in [0.4, 0.5) is 0 Å². The van der Waals surface area contributed by atoms with Crippen LogP contribution in [-0.2, 0) is 0 Å². The lowest BCUT2D eigenvalue weighted by Crippen LogP contribution is -2.47. The van der Waals surface area contributed by atoms with Crippen LogP contribution < -0.4 is 10.6 Å². The Hall–Kier alpha value is -1.15. The van der Waals surface area contributed by atoms with Crippen LogP contribution in [0.1, 0.15) is 51.4 Å². The van der Waals surface area contributed by atoms with Crippen molar-refractivity contribution in [3.8, 4) is 0 Å². The predicted molar refractivity (Wildman–Crippen MR) is 124 cm³/mol. The Morgan fingerprint density at radius 1 is 0.690 bits per heavy atom. The molecule has 5 rings (SSSR count).